The van der Waals surface area contributed by atoms with Crippen LogP contribution in [0.1, 0.15) is 20.2 Å². The molecule has 7 heteroatoms. The molecule has 2 aromatic rings. The molecule has 0 atom stereocenters. The first-order valence-corrected chi connectivity index (χ1v) is 7.57. The van der Waals surface area contributed by atoms with Crippen LogP contribution in [0.25, 0.3) is 6.08 Å². The standard InChI is InChI=1S/C13H12N2O3S2/c16-12(17)2-1-10-7-9(8-20-10)13(18)15-4-3-11-14-5-6-19-11/h1-2,5-8H,3-4H2,(H,15,18)(H,16,17). The summed E-state index contributed by atoms with van der Waals surface area (Å²) in [6.07, 6.45) is 4.97. The number of rotatable bonds is 6. The highest BCUT2D eigenvalue weighted by Gasteiger charge is 2.07. The summed E-state index contributed by atoms with van der Waals surface area (Å²) >= 11 is 2.89. The van der Waals surface area contributed by atoms with E-state index in [-0.39, 0.29) is 5.91 Å². The van der Waals surface area contributed by atoms with Crippen molar-refractivity contribution in [3.8, 4) is 0 Å². The molecule has 1 amide bonds. The van der Waals surface area contributed by atoms with Crippen molar-refractivity contribution in [3.05, 3.63) is 44.5 Å². The van der Waals surface area contributed by atoms with E-state index in [9.17, 15) is 9.59 Å². The zero-order valence-corrected chi connectivity index (χ0v) is 12.0. The quantitative estimate of drug-likeness (QED) is 0.802. The van der Waals surface area contributed by atoms with E-state index < -0.39 is 5.97 Å². The van der Waals surface area contributed by atoms with Crippen molar-refractivity contribution >= 4 is 40.6 Å². The van der Waals surface area contributed by atoms with Gasteiger partial charge < -0.3 is 10.4 Å². The van der Waals surface area contributed by atoms with Crippen LogP contribution in [0.3, 0.4) is 0 Å². The van der Waals surface area contributed by atoms with Crippen LogP contribution in [0.15, 0.2) is 29.1 Å². The molecule has 0 bridgehead atoms. The van der Waals surface area contributed by atoms with Crippen molar-refractivity contribution in [1.82, 2.24) is 10.3 Å². The third kappa shape index (κ3) is 4.29. The van der Waals surface area contributed by atoms with Crippen LogP contribution in [0.4, 0.5) is 0 Å². The summed E-state index contributed by atoms with van der Waals surface area (Å²) < 4.78 is 0. The van der Waals surface area contributed by atoms with Crippen molar-refractivity contribution in [2.24, 2.45) is 0 Å². The van der Waals surface area contributed by atoms with Gasteiger partial charge in [0.25, 0.3) is 5.91 Å². The highest BCUT2D eigenvalue weighted by atomic mass is 32.1. The van der Waals surface area contributed by atoms with Gasteiger partial charge in [-0.05, 0) is 12.1 Å². The summed E-state index contributed by atoms with van der Waals surface area (Å²) in [4.78, 5) is 27.1. The Morgan fingerprint density at radius 3 is 2.95 bits per heavy atom. The number of carbonyl (C=O) groups excluding carboxylic acids is 1. The Labute approximate surface area is 123 Å². The average molecular weight is 308 g/mol. The van der Waals surface area contributed by atoms with E-state index in [2.05, 4.69) is 10.3 Å². The minimum atomic E-state index is -1.01. The minimum Gasteiger partial charge on any atom is -0.478 e. The Morgan fingerprint density at radius 2 is 2.25 bits per heavy atom. The smallest absolute Gasteiger partial charge is 0.328 e. The maximum atomic E-state index is 11.9. The van der Waals surface area contributed by atoms with Crippen molar-refractivity contribution in [2.45, 2.75) is 6.42 Å². The predicted octanol–water partition coefficient (Wildman–Crippen LogP) is 2.27. The molecule has 2 heterocycles. The van der Waals surface area contributed by atoms with Crippen molar-refractivity contribution < 1.29 is 14.7 Å². The Kier molecular flexibility index (Phi) is 5.03. The first-order valence-electron chi connectivity index (χ1n) is 5.81. The number of carbonyl (C=O) groups is 2. The number of thiazole rings is 1. The molecular weight excluding hydrogens is 296 g/mol. The largest absolute Gasteiger partial charge is 0.478 e. The van der Waals surface area contributed by atoms with Gasteiger partial charge in [0.05, 0.1) is 10.6 Å². The number of hydrogen-bond donors (Lipinski definition) is 2. The number of carboxylic acids is 1. The van der Waals surface area contributed by atoms with Crippen molar-refractivity contribution in [2.75, 3.05) is 6.54 Å². The van der Waals surface area contributed by atoms with E-state index in [1.165, 1.54) is 17.4 Å². The van der Waals surface area contributed by atoms with E-state index in [1.54, 1.807) is 29.0 Å². The van der Waals surface area contributed by atoms with Gasteiger partial charge in [0.2, 0.25) is 0 Å². The maximum Gasteiger partial charge on any atom is 0.328 e. The Morgan fingerprint density at radius 1 is 1.40 bits per heavy atom. The molecule has 0 aromatic carbocycles. The third-order valence-electron chi connectivity index (χ3n) is 2.38. The SMILES string of the molecule is O=C(O)C=Cc1cc(C(=O)NCCc2nccs2)cs1. The fraction of sp³-hybridized carbons (Fsp3) is 0.154. The summed E-state index contributed by atoms with van der Waals surface area (Å²) in [6.45, 7) is 0.530. The molecule has 20 heavy (non-hydrogen) atoms. The van der Waals surface area contributed by atoms with Crippen LogP contribution in [0, 0.1) is 0 Å². The second-order valence-electron chi connectivity index (χ2n) is 3.84. The van der Waals surface area contributed by atoms with Gasteiger partial charge in [-0.2, -0.15) is 0 Å². The van der Waals surface area contributed by atoms with E-state index >= 15 is 0 Å². The van der Waals surface area contributed by atoms with E-state index in [0.717, 1.165) is 16.0 Å². The number of aliphatic carboxylic acids is 1. The fourth-order valence-electron chi connectivity index (χ4n) is 1.47. The highest BCUT2D eigenvalue weighted by Crippen LogP contribution is 2.16. The lowest BCUT2D eigenvalue weighted by atomic mass is 10.2. The number of thiophene rings is 1. The van der Waals surface area contributed by atoms with Gasteiger partial charge in [-0.1, -0.05) is 0 Å². The number of nitrogens with one attached hydrogen (secondary N) is 1. The molecule has 2 rings (SSSR count). The molecule has 104 valence electrons. The molecule has 2 N–H and O–H groups in total. The van der Waals surface area contributed by atoms with Crippen LogP contribution in [0.5, 0.6) is 0 Å². The van der Waals surface area contributed by atoms with Crippen molar-refractivity contribution in [3.63, 3.8) is 0 Å². The second kappa shape index (κ2) is 6.97. The lowest BCUT2D eigenvalue weighted by Crippen LogP contribution is -2.25. The molecule has 0 saturated heterocycles. The molecule has 0 radical (unpaired) electrons. The monoisotopic (exact) mass is 308 g/mol. The zero-order chi connectivity index (χ0) is 14.4. The first-order chi connectivity index (χ1) is 9.65. The fourth-order valence-corrected chi connectivity index (χ4v) is 2.87. The number of aromatic nitrogens is 1. The van der Waals surface area contributed by atoms with Gasteiger partial charge in [-0.3, -0.25) is 4.79 Å². The van der Waals surface area contributed by atoms with E-state index in [0.29, 0.717) is 18.5 Å². The second-order valence-corrected chi connectivity index (χ2v) is 5.76. The Hall–Kier alpha value is -1.99. The summed E-state index contributed by atoms with van der Waals surface area (Å²) in [7, 11) is 0. The normalized spacial score (nSPS) is 10.8. The topological polar surface area (TPSA) is 79.3 Å². The summed E-state index contributed by atoms with van der Waals surface area (Å²) in [6, 6.07) is 1.67. The zero-order valence-electron chi connectivity index (χ0n) is 10.4. The lowest BCUT2D eigenvalue weighted by molar-refractivity contribution is -0.131. The highest BCUT2D eigenvalue weighted by molar-refractivity contribution is 7.11. The molecule has 0 aliphatic rings. The van der Waals surface area contributed by atoms with Gasteiger partial charge in [-0.15, -0.1) is 22.7 Å². The van der Waals surface area contributed by atoms with Crippen molar-refractivity contribution in [1.29, 1.82) is 0 Å². The predicted molar refractivity (Wildman–Crippen MR) is 79.1 cm³/mol. The van der Waals surface area contributed by atoms with Gasteiger partial charge in [-0.25, -0.2) is 9.78 Å². The van der Waals surface area contributed by atoms with Gasteiger partial charge in [0.15, 0.2) is 0 Å². The minimum absolute atomic E-state index is 0.159. The Bertz CT molecular complexity index is 617. The van der Waals surface area contributed by atoms with Gasteiger partial charge >= 0.3 is 5.97 Å². The molecule has 0 unspecified atom stereocenters. The van der Waals surface area contributed by atoms with Gasteiger partial charge in [0.1, 0.15) is 0 Å². The van der Waals surface area contributed by atoms with Crippen LogP contribution in [-0.4, -0.2) is 28.5 Å². The van der Waals surface area contributed by atoms with Crippen LogP contribution >= 0.6 is 22.7 Å². The van der Waals surface area contributed by atoms with Gasteiger partial charge in [0, 0.05) is 40.9 Å². The molecule has 0 aliphatic heterocycles. The first kappa shape index (κ1) is 14.4. The summed E-state index contributed by atoms with van der Waals surface area (Å²) in [5.41, 5.74) is 0.541. The van der Waals surface area contributed by atoms with E-state index in [1.807, 2.05) is 5.38 Å². The molecule has 0 saturated carbocycles. The van der Waals surface area contributed by atoms with Crippen LogP contribution in [0.2, 0.25) is 0 Å². The number of amides is 1. The lowest BCUT2D eigenvalue weighted by Gasteiger charge is -2.01. The number of hydrogen-bond acceptors (Lipinski definition) is 5. The molecular formula is C13H12N2O3S2. The maximum absolute atomic E-state index is 11.9. The molecule has 0 fully saturated rings. The number of nitrogens with zero attached hydrogens (tertiary/aromatic N) is 1. The third-order valence-corrected chi connectivity index (χ3v) is 4.12. The number of carboxylic acid groups (broad SMARTS) is 1. The summed E-state index contributed by atoms with van der Waals surface area (Å²) in [5, 5.41) is 15.9. The van der Waals surface area contributed by atoms with E-state index in [4.69, 9.17) is 5.11 Å². The average Bonchev–Trinajstić information content (AvgIpc) is 3.07. The van der Waals surface area contributed by atoms with Crippen LogP contribution in [-0.2, 0) is 11.2 Å². The molecule has 0 aliphatic carbocycles. The Balaban J connectivity index is 1.84. The summed E-state index contributed by atoms with van der Waals surface area (Å²) in [5.74, 6) is -1.17. The molecule has 0 spiro atoms. The molecule has 5 nitrogen and oxygen atoms in total. The van der Waals surface area contributed by atoms with Crippen LogP contribution < -0.4 is 5.32 Å². The molecule has 2 aromatic heterocycles.